The number of aromatic nitrogens is 3. The van der Waals surface area contributed by atoms with Gasteiger partial charge in [-0.05, 0) is 43.7 Å². The van der Waals surface area contributed by atoms with Crippen LogP contribution in [0.15, 0.2) is 53.1 Å². The first-order chi connectivity index (χ1) is 19.0. The Balaban J connectivity index is 1.82. The molecule has 2 aromatic heterocycles. The topological polar surface area (TPSA) is 83.9 Å². The fraction of sp³-hybridized carbons (Fsp3) is 0.143. The number of rotatable bonds is 4. The van der Waals surface area contributed by atoms with Gasteiger partial charge in [0.2, 0.25) is 5.82 Å². The maximum Gasteiger partial charge on any atom is 0.271 e. The van der Waals surface area contributed by atoms with E-state index in [1.165, 1.54) is 35.2 Å². The van der Waals surface area contributed by atoms with E-state index in [4.69, 9.17) is 0 Å². The number of imide groups is 1. The largest absolute Gasteiger partial charge is 0.326 e. The van der Waals surface area contributed by atoms with Gasteiger partial charge in [-0.1, -0.05) is 18.2 Å². The Kier molecular flexibility index (Phi) is 6.38. The summed E-state index contributed by atoms with van der Waals surface area (Å²) >= 11 is 0. The molecule has 0 saturated carbocycles. The van der Waals surface area contributed by atoms with Gasteiger partial charge < -0.3 is 4.57 Å². The Hall–Kier alpha value is -5.05. The molecule has 2 aromatic carbocycles. The molecular weight excluding hydrogens is 533 g/mol. The highest BCUT2D eigenvalue weighted by molar-refractivity contribution is 6.19. The predicted octanol–water partition coefficient (Wildman–Crippen LogP) is 5.34. The van der Waals surface area contributed by atoms with E-state index in [0.717, 1.165) is 4.90 Å². The Morgan fingerprint density at radius 2 is 1.55 bits per heavy atom. The van der Waals surface area contributed by atoms with Crippen LogP contribution in [-0.2, 0) is 16.6 Å². The molecule has 1 aliphatic rings. The molecule has 1 aliphatic heterocycles. The van der Waals surface area contributed by atoms with E-state index in [1.54, 1.807) is 37.3 Å². The highest BCUT2D eigenvalue weighted by Gasteiger charge is 2.35. The number of hydrogen-bond acceptors (Lipinski definition) is 4. The first-order valence-electron chi connectivity index (χ1n) is 11.9. The zero-order valence-corrected chi connectivity index (χ0v) is 21.2. The van der Waals surface area contributed by atoms with Crippen molar-refractivity contribution in [1.82, 2.24) is 19.0 Å². The molecule has 2 amide bonds. The molecule has 0 radical (unpaired) electrons. The van der Waals surface area contributed by atoms with Gasteiger partial charge in [0, 0.05) is 24.9 Å². The van der Waals surface area contributed by atoms with Crippen LogP contribution < -0.4 is 0 Å². The lowest BCUT2D eigenvalue weighted by Gasteiger charge is -2.26. The lowest BCUT2D eigenvalue weighted by molar-refractivity contribution is -0.140. The smallest absolute Gasteiger partial charge is 0.271 e. The minimum Gasteiger partial charge on any atom is -0.326 e. The molecule has 40 heavy (non-hydrogen) atoms. The number of carbonyl (C=O) groups is 2. The number of imidazole rings is 1. The third-order valence-corrected chi connectivity index (χ3v) is 6.76. The maximum absolute atomic E-state index is 14.7. The van der Waals surface area contributed by atoms with Crippen molar-refractivity contribution in [2.24, 2.45) is 7.05 Å². The van der Waals surface area contributed by atoms with Gasteiger partial charge in [0.05, 0.1) is 16.8 Å². The number of amides is 2. The van der Waals surface area contributed by atoms with Gasteiger partial charge in [-0.2, -0.15) is 5.26 Å². The number of nitrogens with zero attached hydrogens (tertiary/aromatic N) is 5. The van der Waals surface area contributed by atoms with Gasteiger partial charge >= 0.3 is 0 Å². The SMILES string of the molecule is CCN1C(=O)C(C#N)=C(C)/C(=C/c2cc3c(nc(-c4c(F)c(F)c(F)c(F)c4F)n3C)n2-c2ccccc2)C1=O. The summed E-state index contributed by atoms with van der Waals surface area (Å²) in [6.07, 6.45) is 1.46. The van der Waals surface area contributed by atoms with Crippen LogP contribution in [-0.4, -0.2) is 37.4 Å². The lowest BCUT2D eigenvalue weighted by Crippen LogP contribution is -2.42. The van der Waals surface area contributed by atoms with Crippen molar-refractivity contribution in [3.63, 3.8) is 0 Å². The van der Waals surface area contributed by atoms with Crippen molar-refractivity contribution in [2.75, 3.05) is 6.54 Å². The Labute approximate surface area is 223 Å². The number of hydrogen-bond donors (Lipinski definition) is 0. The number of carbonyl (C=O) groups excluding carboxylic acids is 2. The summed E-state index contributed by atoms with van der Waals surface area (Å²) in [6, 6.07) is 11.9. The average molecular weight is 551 g/mol. The molecule has 12 heteroatoms. The van der Waals surface area contributed by atoms with E-state index in [0.29, 0.717) is 11.4 Å². The highest BCUT2D eigenvalue weighted by Crippen LogP contribution is 2.36. The minimum atomic E-state index is -2.28. The molecular formula is C28H18F5N5O2. The van der Waals surface area contributed by atoms with Crippen LogP contribution in [0.5, 0.6) is 0 Å². The van der Waals surface area contributed by atoms with E-state index >= 15 is 0 Å². The van der Waals surface area contributed by atoms with Gasteiger partial charge in [-0.15, -0.1) is 0 Å². The molecule has 0 bridgehead atoms. The van der Waals surface area contributed by atoms with Crippen LogP contribution in [0.25, 0.3) is 34.3 Å². The molecule has 0 atom stereocenters. The molecule has 3 heterocycles. The molecule has 202 valence electrons. The summed E-state index contributed by atoms with van der Waals surface area (Å²) in [4.78, 5) is 31.0. The fourth-order valence-electron chi connectivity index (χ4n) is 4.69. The van der Waals surface area contributed by atoms with Gasteiger partial charge in [0.15, 0.2) is 28.9 Å². The number of aryl methyl sites for hydroxylation is 1. The van der Waals surface area contributed by atoms with Crippen molar-refractivity contribution in [1.29, 1.82) is 5.26 Å². The summed E-state index contributed by atoms with van der Waals surface area (Å²) in [5.41, 5.74) is 0.0270. The summed E-state index contributed by atoms with van der Waals surface area (Å²) in [5, 5.41) is 9.55. The number of likely N-dealkylation sites (N-methyl/N-ethyl adjacent to an activating group) is 1. The third-order valence-electron chi connectivity index (χ3n) is 6.76. The quantitative estimate of drug-likeness (QED) is 0.113. The molecule has 5 rings (SSSR count). The van der Waals surface area contributed by atoms with E-state index in [2.05, 4.69) is 4.98 Å². The first-order valence-corrected chi connectivity index (χ1v) is 11.9. The van der Waals surface area contributed by atoms with Crippen molar-refractivity contribution >= 4 is 29.1 Å². The third kappa shape index (κ3) is 3.73. The van der Waals surface area contributed by atoms with Crippen molar-refractivity contribution < 1.29 is 31.5 Å². The molecule has 0 saturated heterocycles. The van der Waals surface area contributed by atoms with Gasteiger partial charge in [-0.3, -0.25) is 19.1 Å². The number of fused-ring (bicyclic) bond motifs is 1. The molecule has 7 nitrogen and oxygen atoms in total. The Bertz CT molecular complexity index is 1830. The molecule has 0 unspecified atom stereocenters. The Morgan fingerprint density at radius 3 is 2.12 bits per heavy atom. The molecule has 0 fully saturated rings. The minimum absolute atomic E-state index is 0.0297. The highest BCUT2D eigenvalue weighted by atomic mass is 19.2. The van der Waals surface area contributed by atoms with E-state index < -0.39 is 52.3 Å². The van der Waals surface area contributed by atoms with E-state index in [1.807, 2.05) is 6.07 Å². The number of halogens is 5. The van der Waals surface area contributed by atoms with Crippen LogP contribution in [0.2, 0.25) is 0 Å². The second-order valence-electron chi connectivity index (χ2n) is 8.91. The van der Waals surface area contributed by atoms with Gasteiger partial charge in [0.1, 0.15) is 17.5 Å². The molecule has 0 aliphatic carbocycles. The number of benzene rings is 2. The molecule has 0 spiro atoms. The average Bonchev–Trinajstić information content (AvgIpc) is 3.45. The fourth-order valence-corrected chi connectivity index (χ4v) is 4.69. The zero-order valence-electron chi connectivity index (χ0n) is 21.2. The second-order valence-corrected chi connectivity index (χ2v) is 8.91. The Morgan fingerprint density at radius 1 is 0.950 bits per heavy atom. The second kappa shape index (κ2) is 9.60. The standard InChI is InChI=1S/C28H18F5N5O2/c1-4-37-27(39)16(13(2)17(12-34)28(37)40)10-15-11-18-25(38(15)14-8-6-5-7-9-14)35-26(36(18)3)19-20(29)22(31)24(33)23(32)21(19)30/h5-11H,4H2,1-3H3/b16-10-. The normalized spacial score (nSPS) is 15.1. The van der Waals surface area contributed by atoms with Crippen molar-refractivity contribution in [3.05, 3.63) is 87.9 Å². The van der Waals surface area contributed by atoms with Crippen LogP contribution >= 0.6 is 0 Å². The van der Waals surface area contributed by atoms with Crippen LogP contribution in [0.3, 0.4) is 0 Å². The van der Waals surface area contributed by atoms with E-state index in [-0.39, 0.29) is 34.4 Å². The summed E-state index contributed by atoms with van der Waals surface area (Å²) < 4.78 is 73.7. The zero-order chi connectivity index (χ0) is 29.0. The monoisotopic (exact) mass is 551 g/mol. The van der Waals surface area contributed by atoms with Gasteiger partial charge in [-0.25, -0.2) is 26.9 Å². The maximum atomic E-state index is 14.7. The number of para-hydroxylation sites is 1. The van der Waals surface area contributed by atoms with Crippen molar-refractivity contribution in [2.45, 2.75) is 13.8 Å². The summed E-state index contributed by atoms with van der Waals surface area (Å²) in [7, 11) is 1.34. The molecule has 4 aromatic rings. The van der Waals surface area contributed by atoms with Crippen LogP contribution in [0, 0.1) is 40.4 Å². The van der Waals surface area contributed by atoms with Crippen molar-refractivity contribution in [3.8, 4) is 23.1 Å². The lowest BCUT2D eigenvalue weighted by atomic mass is 9.94. The summed E-state index contributed by atoms with van der Waals surface area (Å²) in [6.45, 7) is 3.10. The van der Waals surface area contributed by atoms with Crippen LogP contribution in [0.1, 0.15) is 19.5 Å². The van der Waals surface area contributed by atoms with Gasteiger partial charge in [0.25, 0.3) is 11.8 Å². The first kappa shape index (κ1) is 26.6. The van der Waals surface area contributed by atoms with E-state index in [9.17, 15) is 36.8 Å². The van der Waals surface area contributed by atoms with Crippen LogP contribution in [0.4, 0.5) is 22.0 Å². The predicted molar refractivity (Wildman–Crippen MR) is 134 cm³/mol. The molecule has 0 N–H and O–H groups in total. The number of nitriles is 1. The summed E-state index contributed by atoms with van der Waals surface area (Å²) in [5.74, 6) is -12.4.